The van der Waals surface area contributed by atoms with Crippen LogP contribution in [-0.4, -0.2) is 20.9 Å². The van der Waals surface area contributed by atoms with Crippen LogP contribution in [0, 0.1) is 0 Å². The third-order valence-corrected chi connectivity index (χ3v) is 5.32. The fourth-order valence-corrected chi connectivity index (χ4v) is 3.89. The molecule has 1 aliphatic rings. The monoisotopic (exact) mass is 416 g/mol. The Morgan fingerprint density at radius 3 is 2.64 bits per heavy atom. The number of benzene rings is 1. The molecule has 1 heterocycles. The van der Waals surface area contributed by atoms with Crippen LogP contribution >= 0.6 is 47.0 Å². The Kier molecular flexibility index (Phi) is 6.44. The SMILES string of the molecule is S=C(Nc1nn(Cc2ccc(Cl)cc2Cl)cc1Cl)NC1CCCCC1. The van der Waals surface area contributed by atoms with Gasteiger partial charge >= 0.3 is 0 Å². The van der Waals surface area contributed by atoms with Crippen LogP contribution in [0.25, 0.3) is 0 Å². The molecule has 134 valence electrons. The van der Waals surface area contributed by atoms with Crippen molar-refractivity contribution < 1.29 is 0 Å². The van der Waals surface area contributed by atoms with Crippen molar-refractivity contribution in [1.82, 2.24) is 15.1 Å². The van der Waals surface area contributed by atoms with Gasteiger partial charge in [0.15, 0.2) is 10.9 Å². The van der Waals surface area contributed by atoms with E-state index in [1.165, 1.54) is 19.3 Å². The lowest BCUT2D eigenvalue weighted by Crippen LogP contribution is -2.39. The fraction of sp³-hybridized carbons (Fsp3) is 0.412. The average Bonchev–Trinajstić information content (AvgIpc) is 2.90. The molecule has 1 aliphatic carbocycles. The lowest BCUT2D eigenvalue weighted by Gasteiger charge is -2.24. The standard InChI is InChI=1S/C17H19Cl3N4S/c18-12-7-6-11(14(19)8-12)9-24-10-15(20)16(23-24)22-17(25)21-13-4-2-1-3-5-13/h6-8,10,13H,1-5,9H2,(H2,21,22,23,25). The molecule has 1 aromatic heterocycles. The van der Waals surface area contributed by atoms with Crippen LogP contribution in [0.4, 0.5) is 5.82 Å². The van der Waals surface area contributed by atoms with Crippen molar-refractivity contribution in [1.29, 1.82) is 0 Å². The molecule has 25 heavy (non-hydrogen) atoms. The number of nitrogens with zero attached hydrogens (tertiary/aromatic N) is 2. The molecule has 0 atom stereocenters. The molecule has 0 spiro atoms. The van der Waals surface area contributed by atoms with Crippen LogP contribution in [0.5, 0.6) is 0 Å². The summed E-state index contributed by atoms with van der Waals surface area (Å²) in [5, 5.41) is 13.2. The number of nitrogens with one attached hydrogen (secondary N) is 2. The summed E-state index contributed by atoms with van der Waals surface area (Å²) < 4.78 is 1.73. The third kappa shape index (κ3) is 5.23. The van der Waals surface area contributed by atoms with Crippen molar-refractivity contribution >= 4 is 58.0 Å². The Balaban J connectivity index is 1.62. The summed E-state index contributed by atoms with van der Waals surface area (Å²) in [4.78, 5) is 0. The first-order valence-electron chi connectivity index (χ1n) is 8.25. The topological polar surface area (TPSA) is 41.9 Å². The van der Waals surface area contributed by atoms with Crippen molar-refractivity contribution in [2.24, 2.45) is 0 Å². The summed E-state index contributed by atoms with van der Waals surface area (Å²) in [6.07, 6.45) is 7.85. The molecule has 2 N–H and O–H groups in total. The van der Waals surface area contributed by atoms with E-state index >= 15 is 0 Å². The first-order valence-corrected chi connectivity index (χ1v) is 9.80. The van der Waals surface area contributed by atoms with Crippen LogP contribution in [0.15, 0.2) is 24.4 Å². The predicted molar refractivity (Wildman–Crippen MR) is 109 cm³/mol. The van der Waals surface area contributed by atoms with E-state index in [0.29, 0.717) is 38.6 Å². The minimum Gasteiger partial charge on any atom is -0.360 e. The highest BCUT2D eigenvalue weighted by molar-refractivity contribution is 7.80. The molecule has 0 radical (unpaired) electrons. The van der Waals surface area contributed by atoms with E-state index in [9.17, 15) is 0 Å². The zero-order valence-corrected chi connectivity index (χ0v) is 16.7. The fourth-order valence-electron chi connectivity index (χ4n) is 2.96. The number of hydrogen-bond acceptors (Lipinski definition) is 2. The number of halogens is 3. The third-order valence-electron chi connectivity index (χ3n) is 4.24. The number of thiocarbonyl (C=S) groups is 1. The summed E-state index contributed by atoms with van der Waals surface area (Å²) in [5.41, 5.74) is 0.916. The first-order chi connectivity index (χ1) is 12.0. The molecule has 8 heteroatoms. The van der Waals surface area contributed by atoms with Gasteiger partial charge in [0.05, 0.1) is 6.54 Å². The first kappa shape index (κ1) is 18.8. The van der Waals surface area contributed by atoms with Crippen LogP contribution < -0.4 is 10.6 Å². The lowest BCUT2D eigenvalue weighted by atomic mass is 9.96. The van der Waals surface area contributed by atoms with Gasteiger partial charge in [-0.1, -0.05) is 60.1 Å². The zero-order valence-electron chi connectivity index (χ0n) is 13.6. The quantitative estimate of drug-likeness (QED) is 0.644. The minimum atomic E-state index is 0.433. The highest BCUT2D eigenvalue weighted by atomic mass is 35.5. The van der Waals surface area contributed by atoms with Crippen LogP contribution in [-0.2, 0) is 6.54 Å². The van der Waals surface area contributed by atoms with Crippen molar-refractivity contribution in [3.63, 3.8) is 0 Å². The van der Waals surface area contributed by atoms with E-state index in [4.69, 9.17) is 47.0 Å². The molecule has 2 aromatic rings. The molecular weight excluding hydrogens is 399 g/mol. The molecule has 4 nitrogen and oxygen atoms in total. The molecular formula is C17H19Cl3N4S. The summed E-state index contributed by atoms with van der Waals surface area (Å²) >= 11 is 23.8. The Bertz CT molecular complexity index is 756. The Hall–Kier alpha value is -1.01. The molecule has 1 aromatic carbocycles. The van der Waals surface area contributed by atoms with E-state index in [0.717, 1.165) is 18.4 Å². The molecule has 1 fully saturated rings. The van der Waals surface area contributed by atoms with Gasteiger partial charge in [0, 0.05) is 22.3 Å². The molecule has 0 amide bonds. The molecule has 0 saturated heterocycles. The van der Waals surface area contributed by atoms with Gasteiger partial charge in [0.2, 0.25) is 0 Å². The number of hydrogen-bond donors (Lipinski definition) is 2. The summed E-state index contributed by atoms with van der Waals surface area (Å²) in [6.45, 7) is 0.500. The Labute approximate surface area is 167 Å². The zero-order chi connectivity index (χ0) is 17.8. The Morgan fingerprint density at radius 1 is 1.16 bits per heavy atom. The summed E-state index contributed by atoms with van der Waals surface area (Å²) in [6, 6.07) is 5.83. The van der Waals surface area contributed by atoms with Gasteiger partial charge in [0.25, 0.3) is 0 Å². The maximum Gasteiger partial charge on any atom is 0.173 e. The van der Waals surface area contributed by atoms with Gasteiger partial charge in [-0.05, 0) is 42.8 Å². The van der Waals surface area contributed by atoms with Crippen molar-refractivity contribution in [2.75, 3.05) is 5.32 Å². The molecule has 0 bridgehead atoms. The summed E-state index contributed by atoms with van der Waals surface area (Å²) in [7, 11) is 0. The van der Waals surface area contributed by atoms with Crippen LogP contribution in [0.2, 0.25) is 15.1 Å². The number of rotatable bonds is 4. The smallest absolute Gasteiger partial charge is 0.173 e. The van der Waals surface area contributed by atoms with E-state index in [1.807, 2.05) is 6.07 Å². The van der Waals surface area contributed by atoms with Crippen LogP contribution in [0.1, 0.15) is 37.7 Å². The molecule has 0 unspecified atom stereocenters. The van der Waals surface area contributed by atoms with Gasteiger partial charge in [-0.15, -0.1) is 0 Å². The maximum absolute atomic E-state index is 6.28. The largest absolute Gasteiger partial charge is 0.360 e. The molecule has 1 saturated carbocycles. The van der Waals surface area contributed by atoms with Crippen molar-refractivity contribution in [3.05, 3.63) is 45.0 Å². The van der Waals surface area contributed by atoms with Crippen LogP contribution in [0.3, 0.4) is 0 Å². The van der Waals surface area contributed by atoms with E-state index in [-0.39, 0.29) is 0 Å². The second kappa shape index (κ2) is 8.58. The molecule has 3 rings (SSSR count). The Morgan fingerprint density at radius 2 is 1.92 bits per heavy atom. The van der Waals surface area contributed by atoms with Gasteiger partial charge in [-0.3, -0.25) is 4.68 Å². The van der Waals surface area contributed by atoms with Crippen molar-refractivity contribution in [2.45, 2.75) is 44.7 Å². The second-order valence-corrected chi connectivity index (χ2v) is 7.85. The van der Waals surface area contributed by atoms with Gasteiger partial charge in [-0.2, -0.15) is 5.10 Å². The highest BCUT2D eigenvalue weighted by Crippen LogP contribution is 2.24. The summed E-state index contributed by atoms with van der Waals surface area (Å²) in [5.74, 6) is 0.542. The van der Waals surface area contributed by atoms with Gasteiger partial charge < -0.3 is 10.6 Å². The van der Waals surface area contributed by atoms with Crippen molar-refractivity contribution in [3.8, 4) is 0 Å². The number of anilines is 1. The van der Waals surface area contributed by atoms with E-state index in [2.05, 4.69) is 15.7 Å². The minimum absolute atomic E-state index is 0.433. The normalized spacial score (nSPS) is 15.2. The highest BCUT2D eigenvalue weighted by Gasteiger charge is 2.16. The van der Waals surface area contributed by atoms with E-state index in [1.54, 1.807) is 23.0 Å². The van der Waals surface area contributed by atoms with Gasteiger partial charge in [-0.25, -0.2) is 0 Å². The maximum atomic E-state index is 6.28. The van der Waals surface area contributed by atoms with Gasteiger partial charge in [0.1, 0.15) is 5.02 Å². The molecule has 0 aliphatic heterocycles. The number of aromatic nitrogens is 2. The average molecular weight is 418 g/mol. The van der Waals surface area contributed by atoms with E-state index < -0.39 is 0 Å². The lowest BCUT2D eigenvalue weighted by molar-refractivity contribution is 0.415. The second-order valence-electron chi connectivity index (χ2n) is 6.19. The predicted octanol–water partition coefficient (Wildman–Crippen LogP) is 5.51.